The molecule has 2 rings (SSSR count). The van der Waals surface area contributed by atoms with Gasteiger partial charge in [-0.05, 0) is 37.3 Å². The molecule has 4 nitrogen and oxygen atoms in total. The first-order valence-corrected chi connectivity index (χ1v) is 6.03. The van der Waals surface area contributed by atoms with Crippen LogP contribution in [0, 0.1) is 5.92 Å². The third-order valence-electron chi connectivity index (χ3n) is 3.30. The van der Waals surface area contributed by atoms with Crippen LogP contribution >= 0.6 is 0 Å². The van der Waals surface area contributed by atoms with Crippen molar-refractivity contribution in [3.8, 4) is 5.88 Å². The van der Waals surface area contributed by atoms with E-state index in [0.29, 0.717) is 5.92 Å². The summed E-state index contributed by atoms with van der Waals surface area (Å²) in [6.45, 7) is 2.15. The van der Waals surface area contributed by atoms with Gasteiger partial charge < -0.3 is 9.84 Å². The minimum atomic E-state index is -0.989. The Balaban J connectivity index is 2.14. The molecule has 1 aromatic heterocycles. The summed E-state index contributed by atoms with van der Waals surface area (Å²) in [6, 6.07) is 3.14. The first kappa shape index (κ1) is 11.9. The molecule has 1 aromatic rings. The molecule has 0 bridgehead atoms. The Labute approximate surface area is 101 Å². The standard InChI is InChI=1S/C13H17NO3/c1-9-5-2-3-7-11(9)17-12-10(13(15)16)6-4-8-14-12/h4,6,8-9,11H,2-3,5,7H2,1H3,(H,15,16). The van der Waals surface area contributed by atoms with Gasteiger partial charge in [-0.3, -0.25) is 0 Å². The Morgan fingerprint density at radius 3 is 2.94 bits per heavy atom. The van der Waals surface area contributed by atoms with Crippen LogP contribution < -0.4 is 4.74 Å². The van der Waals surface area contributed by atoms with Crippen LogP contribution in [0.1, 0.15) is 43.0 Å². The zero-order valence-electron chi connectivity index (χ0n) is 9.93. The number of hydrogen-bond acceptors (Lipinski definition) is 3. The van der Waals surface area contributed by atoms with Crippen molar-refractivity contribution in [2.75, 3.05) is 0 Å². The molecule has 1 fully saturated rings. The van der Waals surface area contributed by atoms with Crippen molar-refractivity contribution in [3.63, 3.8) is 0 Å². The topological polar surface area (TPSA) is 59.4 Å². The Bertz CT molecular complexity index is 405. The molecule has 0 spiro atoms. The average molecular weight is 235 g/mol. The predicted molar refractivity (Wildman–Crippen MR) is 63.2 cm³/mol. The highest BCUT2D eigenvalue weighted by Crippen LogP contribution is 2.28. The van der Waals surface area contributed by atoms with E-state index in [0.717, 1.165) is 19.3 Å². The molecule has 1 N–H and O–H groups in total. The quantitative estimate of drug-likeness (QED) is 0.875. The van der Waals surface area contributed by atoms with Gasteiger partial charge in [-0.1, -0.05) is 13.3 Å². The lowest BCUT2D eigenvalue weighted by molar-refractivity contribution is 0.0667. The number of carbonyl (C=O) groups is 1. The highest BCUT2D eigenvalue weighted by atomic mass is 16.5. The van der Waals surface area contributed by atoms with Gasteiger partial charge in [0, 0.05) is 6.20 Å². The van der Waals surface area contributed by atoms with Gasteiger partial charge in [-0.2, -0.15) is 0 Å². The van der Waals surface area contributed by atoms with Gasteiger partial charge >= 0.3 is 5.97 Å². The third kappa shape index (κ3) is 2.75. The summed E-state index contributed by atoms with van der Waals surface area (Å²) in [6.07, 6.45) is 6.15. The number of aromatic nitrogens is 1. The molecule has 1 saturated carbocycles. The maximum absolute atomic E-state index is 11.0. The number of hydrogen-bond donors (Lipinski definition) is 1. The van der Waals surface area contributed by atoms with E-state index in [9.17, 15) is 4.79 Å². The van der Waals surface area contributed by atoms with Crippen molar-refractivity contribution >= 4 is 5.97 Å². The maximum atomic E-state index is 11.0. The van der Waals surface area contributed by atoms with Crippen LogP contribution in [-0.2, 0) is 0 Å². The fourth-order valence-corrected chi connectivity index (χ4v) is 2.25. The van der Waals surface area contributed by atoms with Crippen molar-refractivity contribution in [3.05, 3.63) is 23.9 Å². The number of carboxylic acids is 1. The summed E-state index contributed by atoms with van der Waals surface area (Å²) in [5, 5.41) is 9.04. The molecule has 0 amide bonds. The normalized spacial score (nSPS) is 24.3. The fourth-order valence-electron chi connectivity index (χ4n) is 2.25. The van der Waals surface area contributed by atoms with Gasteiger partial charge in [0.1, 0.15) is 11.7 Å². The predicted octanol–water partition coefficient (Wildman–Crippen LogP) is 2.74. The first-order chi connectivity index (χ1) is 8.18. The number of ether oxygens (including phenoxy) is 1. The molecule has 0 saturated heterocycles. The molecule has 0 aromatic carbocycles. The SMILES string of the molecule is CC1CCCCC1Oc1ncccc1C(=O)O. The summed E-state index contributed by atoms with van der Waals surface area (Å²) in [4.78, 5) is 15.1. The second-order valence-electron chi connectivity index (χ2n) is 4.58. The van der Waals surface area contributed by atoms with Gasteiger partial charge in [-0.15, -0.1) is 0 Å². The second-order valence-corrected chi connectivity index (χ2v) is 4.58. The Hall–Kier alpha value is -1.58. The molecule has 92 valence electrons. The summed E-state index contributed by atoms with van der Waals surface area (Å²) in [5.41, 5.74) is 0.144. The van der Waals surface area contributed by atoms with Crippen LogP contribution in [0.2, 0.25) is 0 Å². The molecule has 17 heavy (non-hydrogen) atoms. The van der Waals surface area contributed by atoms with Crippen molar-refractivity contribution in [2.45, 2.75) is 38.7 Å². The lowest BCUT2D eigenvalue weighted by atomic mass is 9.88. The molecule has 0 aliphatic heterocycles. The summed E-state index contributed by atoms with van der Waals surface area (Å²) in [5.74, 6) is -0.275. The Morgan fingerprint density at radius 2 is 2.24 bits per heavy atom. The van der Waals surface area contributed by atoms with Crippen LogP contribution in [0.4, 0.5) is 0 Å². The molecule has 4 heteroatoms. The number of pyridine rings is 1. The fraction of sp³-hybridized carbons (Fsp3) is 0.538. The van der Waals surface area contributed by atoms with Crippen LogP contribution in [0.5, 0.6) is 5.88 Å². The maximum Gasteiger partial charge on any atom is 0.341 e. The van der Waals surface area contributed by atoms with Crippen LogP contribution in [0.3, 0.4) is 0 Å². The molecule has 2 unspecified atom stereocenters. The zero-order chi connectivity index (χ0) is 12.3. The molecular weight excluding hydrogens is 218 g/mol. The molecular formula is C13H17NO3. The number of carboxylic acid groups (broad SMARTS) is 1. The van der Waals surface area contributed by atoms with E-state index in [1.807, 2.05) is 0 Å². The summed E-state index contributed by atoms with van der Waals surface area (Å²) in [7, 11) is 0. The van der Waals surface area contributed by atoms with E-state index in [2.05, 4.69) is 11.9 Å². The number of aromatic carboxylic acids is 1. The van der Waals surface area contributed by atoms with E-state index in [-0.39, 0.29) is 17.5 Å². The van der Waals surface area contributed by atoms with E-state index in [4.69, 9.17) is 9.84 Å². The average Bonchev–Trinajstić information content (AvgIpc) is 2.32. The molecule has 1 heterocycles. The lowest BCUT2D eigenvalue weighted by Gasteiger charge is -2.29. The van der Waals surface area contributed by atoms with E-state index in [1.54, 1.807) is 12.3 Å². The van der Waals surface area contributed by atoms with E-state index < -0.39 is 5.97 Å². The lowest BCUT2D eigenvalue weighted by Crippen LogP contribution is -2.29. The van der Waals surface area contributed by atoms with Gasteiger partial charge in [0.25, 0.3) is 0 Å². The smallest absolute Gasteiger partial charge is 0.341 e. The number of rotatable bonds is 3. The van der Waals surface area contributed by atoms with Crippen LogP contribution in [-0.4, -0.2) is 22.2 Å². The van der Waals surface area contributed by atoms with E-state index in [1.165, 1.54) is 12.5 Å². The molecule has 1 aliphatic rings. The van der Waals surface area contributed by atoms with Crippen LogP contribution in [0.15, 0.2) is 18.3 Å². The highest BCUT2D eigenvalue weighted by molar-refractivity contribution is 5.90. The minimum absolute atomic E-state index is 0.0942. The van der Waals surface area contributed by atoms with Gasteiger partial charge in [-0.25, -0.2) is 9.78 Å². The van der Waals surface area contributed by atoms with Crippen molar-refractivity contribution in [1.82, 2.24) is 4.98 Å². The summed E-state index contributed by atoms with van der Waals surface area (Å²) < 4.78 is 5.77. The number of nitrogens with zero attached hydrogens (tertiary/aromatic N) is 1. The molecule has 0 radical (unpaired) electrons. The minimum Gasteiger partial charge on any atom is -0.477 e. The Kier molecular flexibility index (Phi) is 3.61. The zero-order valence-corrected chi connectivity index (χ0v) is 9.93. The Morgan fingerprint density at radius 1 is 1.47 bits per heavy atom. The van der Waals surface area contributed by atoms with Gasteiger partial charge in [0.15, 0.2) is 0 Å². The van der Waals surface area contributed by atoms with E-state index >= 15 is 0 Å². The monoisotopic (exact) mass is 235 g/mol. The van der Waals surface area contributed by atoms with Gasteiger partial charge in [0.2, 0.25) is 5.88 Å². The van der Waals surface area contributed by atoms with Gasteiger partial charge in [0.05, 0.1) is 0 Å². The van der Waals surface area contributed by atoms with Crippen LogP contribution in [0.25, 0.3) is 0 Å². The largest absolute Gasteiger partial charge is 0.477 e. The first-order valence-electron chi connectivity index (χ1n) is 6.03. The summed E-state index contributed by atoms with van der Waals surface area (Å²) >= 11 is 0. The molecule has 1 aliphatic carbocycles. The van der Waals surface area contributed by atoms with Crippen molar-refractivity contribution < 1.29 is 14.6 Å². The molecule has 2 atom stereocenters. The second kappa shape index (κ2) is 5.17. The van der Waals surface area contributed by atoms with Crippen molar-refractivity contribution in [1.29, 1.82) is 0 Å². The highest BCUT2D eigenvalue weighted by Gasteiger charge is 2.25. The van der Waals surface area contributed by atoms with Crippen molar-refractivity contribution in [2.24, 2.45) is 5.92 Å². The third-order valence-corrected chi connectivity index (χ3v) is 3.30.